The third-order valence-corrected chi connectivity index (χ3v) is 2.86. The molecule has 2 aromatic heterocycles. The highest BCUT2D eigenvalue weighted by atomic mass is 32.1. The van der Waals surface area contributed by atoms with E-state index in [1.54, 1.807) is 15.4 Å². The number of nitrogens with zero attached hydrogens (tertiary/aromatic N) is 5. The quantitative estimate of drug-likeness (QED) is 0.646. The summed E-state index contributed by atoms with van der Waals surface area (Å²) < 4.78 is 3.41. The van der Waals surface area contributed by atoms with Gasteiger partial charge in [-0.15, -0.1) is 16.8 Å². The van der Waals surface area contributed by atoms with Gasteiger partial charge in [-0.1, -0.05) is 6.08 Å². The third-order valence-electron chi connectivity index (χ3n) is 2.63. The fourth-order valence-corrected chi connectivity index (χ4v) is 1.93. The maximum atomic E-state index is 5.20. The Labute approximate surface area is 122 Å². The SMILES string of the molecule is C=CCNC(=S)Nn1c(C)nnc1-n1nc(C)cc1C. The standard InChI is InChI=1S/C12H17N7S/c1-5-6-13-11(20)17-19-10(4)14-15-12(19)18-9(3)7-8(2)16-18/h5,7H,1,6H2,2-4H3,(H2,13,17,20). The van der Waals surface area contributed by atoms with Gasteiger partial charge in [-0.05, 0) is 39.1 Å². The van der Waals surface area contributed by atoms with Crippen LogP contribution in [0, 0.1) is 20.8 Å². The van der Waals surface area contributed by atoms with Gasteiger partial charge in [0.15, 0.2) is 10.9 Å². The molecule has 0 atom stereocenters. The molecular formula is C12H17N7S. The number of thiocarbonyl (C=S) groups is 1. The Bertz CT molecular complexity index is 640. The summed E-state index contributed by atoms with van der Waals surface area (Å²) in [5.74, 6) is 1.26. The number of aryl methyl sites for hydroxylation is 3. The molecule has 106 valence electrons. The summed E-state index contributed by atoms with van der Waals surface area (Å²) in [5, 5.41) is 16.1. The van der Waals surface area contributed by atoms with Gasteiger partial charge in [0.2, 0.25) is 0 Å². The van der Waals surface area contributed by atoms with Crippen LogP contribution in [0.3, 0.4) is 0 Å². The van der Waals surface area contributed by atoms with E-state index in [1.807, 2.05) is 26.8 Å². The van der Waals surface area contributed by atoms with Crippen LogP contribution in [-0.4, -0.2) is 36.3 Å². The second kappa shape index (κ2) is 5.83. The van der Waals surface area contributed by atoms with Gasteiger partial charge in [-0.3, -0.25) is 5.43 Å². The molecular weight excluding hydrogens is 274 g/mol. The molecule has 0 aliphatic heterocycles. The average Bonchev–Trinajstić information content (AvgIpc) is 2.91. The van der Waals surface area contributed by atoms with Crippen LogP contribution in [0.1, 0.15) is 17.2 Å². The third kappa shape index (κ3) is 2.85. The minimum atomic E-state index is 0.468. The van der Waals surface area contributed by atoms with Gasteiger partial charge in [0.25, 0.3) is 5.95 Å². The smallest absolute Gasteiger partial charge is 0.271 e. The van der Waals surface area contributed by atoms with Crippen LogP contribution < -0.4 is 10.7 Å². The Morgan fingerprint density at radius 1 is 1.40 bits per heavy atom. The Morgan fingerprint density at radius 3 is 2.75 bits per heavy atom. The molecule has 8 heteroatoms. The van der Waals surface area contributed by atoms with E-state index in [0.717, 1.165) is 11.4 Å². The van der Waals surface area contributed by atoms with Crippen molar-refractivity contribution >= 4 is 17.3 Å². The highest BCUT2D eigenvalue weighted by Gasteiger charge is 2.14. The first kappa shape index (κ1) is 14.2. The number of nitrogens with one attached hydrogen (secondary N) is 2. The van der Waals surface area contributed by atoms with Gasteiger partial charge in [-0.25, -0.2) is 9.36 Å². The molecule has 2 N–H and O–H groups in total. The lowest BCUT2D eigenvalue weighted by Gasteiger charge is -2.13. The van der Waals surface area contributed by atoms with E-state index in [2.05, 4.69) is 32.6 Å². The van der Waals surface area contributed by atoms with E-state index >= 15 is 0 Å². The van der Waals surface area contributed by atoms with Crippen LogP contribution in [0.5, 0.6) is 0 Å². The number of hydrogen-bond donors (Lipinski definition) is 2. The van der Waals surface area contributed by atoms with Crippen LogP contribution in [0.25, 0.3) is 5.95 Å². The molecule has 0 unspecified atom stereocenters. The Hall–Kier alpha value is -2.22. The van der Waals surface area contributed by atoms with Crippen molar-refractivity contribution in [3.8, 4) is 5.95 Å². The Morgan fingerprint density at radius 2 is 2.15 bits per heavy atom. The van der Waals surface area contributed by atoms with E-state index in [-0.39, 0.29) is 0 Å². The second-order valence-electron chi connectivity index (χ2n) is 4.33. The summed E-state index contributed by atoms with van der Waals surface area (Å²) >= 11 is 5.20. The van der Waals surface area contributed by atoms with Gasteiger partial charge in [0.05, 0.1) is 5.69 Å². The predicted octanol–water partition coefficient (Wildman–Crippen LogP) is 0.993. The summed E-state index contributed by atoms with van der Waals surface area (Å²) in [6.45, 7) is 9.95. The summed E-state index contributed by atoms with van der Waals surface area (Å²) in [7, 11) is 0. The molecule has 20 heavy (non-hydrogen) atoms. The van der Waals surface area contributed by atoms with Gasteiger partial charge < -0.3 is 5.32 Å². The average molecular weight is 291 g/mol. The summed E-state index contributed by atoms with van der Waals surface area (Å²) in [6.07, 6.45) is 1.73. The number of hydrogen-bond acceptors (Lipinski definition) is 4. The van der Waals surface area contributed by atoms with Crippen LogP contribution >= 0.6 is 12.2 Å². The van der Waals surface area contributed by atoms with Crippen molar-refractivity contribution in [1.29, 1.82) is 0 Å². The molecule has 0 fully saturated rings. The zero-order valence-corrected chi connectivity index (χ0v) is 12.5. The molecule has 0 aliphatic carbocycles. The molecule has 0 bridgehead atoms. The largest absolute Gasteiger partial charge is 0.358 e. The van der Waals surface area contributed by atoms with Crippen molar-refractivity contribution in [2.75, 3.05) is 12.0 Å². The highest BCUT2D eigenvalue weighted by molar-refractivity contribution is 7.80. The van der Waals surface area contributed by atoms with Crippen molar-refractivity contribution in [2.24, 2.45) is 0 Å². The van der Waals surface area contributed by atoms with E-state index in [9.17, 15) is 0 Å². The lowest BCUT2D eigenvalue weighted by molar-refractivity contribution is 0.732. The molecule has 0 aliphatic rings. The van der Waals surface area contributed by atoms with Crippen LogP contribution in [-0.2, 0) is 0 Å². The Balaban J connectivity index is 2.30. The first-order chi connectivity index (χ1) is 9.52. The highest BCUT2D eigenvalue weighted by Crippen LogP contribution is 2.10. The molecule has 2 rings (SSSR count). The summed E-state index contributed by atoms with van der Waals surface area (Å²) in [5.41, 5.74) is 4.93. The zero-order valence-electron chi connectivity index (χ0n) is 11.7. The normalized spacial score (nSPS) is 10.3. The van der Waals surface area contributed by atoms with Crippen molar-refractivity contribution in [3.05, 3.63) is 35.9 Å². The van der Waals surface area contributed by atoms with Gasteiger partial charge in [0, 0.05) is 12.2 Å². The van der Waals surface area contributed by atoms with Crippen molar-refractivity contribution in [1.82, 2.24) is 30.0 Å². The molecule has 0 aromatic carbocycles. The van der Waals surface area contributed by atoms with Crippen molar-refractivity contribution < 1.29 is 0 Å². The van der Waals surface area contributed by atoms with Gasteiger partial charge in [0.1, 0.15) is 0 Å². The predicted molar refractivity (Wildman–Crippen MR) is 81.5 cm³/mol. The van der Waals surface area contributed by atoms with Gasteiger partial charge >= 0.3 is 0 Å². The molecule has 2 aromatic rings. The molecule has 0 radical (unpaired) electrons. The molecule has 0 saturated carbocycles. The fraction of sp³-hybridized carbons (Fsp3) is 0.333. The molecule has 7 nitrogen and oxygen atoms in total. The monoisotopic (exact) mass is 291 g/mol. The van der Waals surface area contributed by atoms with Crippen molar-refractivity contribution in [2.45, 2.75) is 20.8 Å². The minimum absolute atomic E-state index is 0.468. The van der Waals surface area contributed by atoms with Crippen LogP contribution in [0.15, 0.2) is 18.7 Å². The van der Waals surface area contributed by atoms with E-state index in [4.69, 9.17) is 12.2 Å². The van der Waals surface area contributed by atoms with Crippen LogP contribution in [0.2, 0.25) is 0 Å². The lowest BCUT2D eigenvalue weighted by Crippen LogP contribution is -2.35. The second-order valence-corrected chi connectivity index (χ2v) is 4.74. The van der Waals surface area contributed by atoms with E-state index in [0.29, 0.717) is 23.4 Å². The van der Waals surface area contributed by atoms with E-state index < -0.39 is 0 Å². The minimum Gasteiger partial charge on any atom is -0.358 e. The Kier molecular flexibility index (Phi) is 4.14. The molecule has 2 heterocycles. The summed E-state index contributed by atoms with van der Waals surface area (Å²) in [4.78, 5) is 0. The fourth-order valence-electron chi connectivity index (χ4n) is 1.76. The molecule has 0 spiro atoms. The molecule has 0 saturated heterocycles. The topological polar surface area (TPSA) is 72.6 Å². The zero-order chi connectivity index (χ0) is 14.7. The first-order valence-electron chi connectivity index (χ1n) is 6.14. The maximum Gasteiger partial charge on any atom is 0.271 e. The summed E-state index contributed by atoms with van der Waals surface area (Å²) in [6, 6.07) is 1.97. The van der Waals surface area contributed by atoms with Crippen molar-refractivity contribution in [3.63, 3.8) is 0 Å². The van der Waals surface area contributed by atoms with Gasteiger partial charge in [-0.2, -0.15) is 5.10 Å². The lowest BCUT2D eigenvalue weighted by atomic mass is 10.4. The number of aromatic nitrogens is 5. The van der Waals surface area contributed by atoms with Crippen LogP contribution in [0.4, 0.5) is 0 Å². The first-order valence-corrected chi connectivity index (χ1v) is 6.55. The van der Waals surface area contributed by atoms with E-state index in [1.165, 1.54) is 0 Å². The maximum absolute atomic E-state index is 5.20. The number of rotatable bonds is 4. The molecule has 0 amide bonds.